The van der Waals surface area contributed by atoms with Crippen LogP contribution in [0.1, 0.15) is 64.4 Å². The molecule has 2 atom stereocenters. The standard InChI is InChI=1S/C27H39N3O/c1-3-31-25-6-4-20(5-7-25)13-24-18-30-19(2)17-28-26(30)29(24)9-8-27-14-21-10-22(15-27)12-23(11-21)16-27/h4-7,19,21-24H,3,8-18H2,1-2H3/t19-,21?,22?,23?,24+,27?/m0/s1. The number of benzene rings is 1. The van der Waals surface area contributed by atoms with Gasteiger partial charge in [0.15, 0.2) is 5.96 Å². The van der Waals surface area contributed by atoms with Gasteiger partial charge in [-0.3, -0.25) is 4.99 Å². The summed E-state index contributed by atoms with van der Waals surface area (Å²) in [5, 5.41) is 0. The number of ether oxygens (including phenoxy) is 1. The number of guanidine groups is 1. The lowest BCUT2D eigenvalue weighted by molar-refractivity contribution is -0.0595. The van der Waals surface area contributed by atoms with Crippen LogP contribution in [0.5, 0.6) is 5.75 Å². The van der Waals surface area contributed by atoms with Gasteiger partial charge in [0.25, 0.3) is 0 Å². The average Bonchev–Trinajstić information content (AvgIpc) is 3.26. The molecule has 31 heavy (non-hydrogen) atoms. The number of aliphatic imine (C=N–C) groups is 1. The first kappa shape index (κ1) is 19.9. The van der Waals surface area contributed by atoms with Crippen LogP contribution >= 0.6 is 0 Å². The van der Waals surface area contributed by atoms with Crippen molar-refractivity contribution in [1.29, 1.82) is 0 Å². The topological polar surface area (TPSA) is 28.1 Å². The van der Waals surface area contributed by atoms with E-state index in [1.807, 2.05) is 6.92 Å². The van der Waals surface area contributed by atoms with Gasteiger partial charge in [-0.05, 0) is 106 Å². The summed E-state index contributed by atoms with van der Waals surface area (Å²) in [6.07, 6.45) is 11.7. The minimum absolute atomic E-state index is 0.549. The minimum atomic E-state index is 0.549. The van der Waals surface area contributed by atoms with Gasteiger partial charge in [-0.25, -0.2) is 0 Å². The maximum Gasteiger partial charge on any atom is 0.197 e. The molecule has 1 aromatic carbocycles. The fourth-order valence-corrected chi connectivity index (χ4v) is 8.18. The zero-order valence-electron chi connectivity index (χ0n) is 19.4. The Bertz CT molecular complexity index is 796. The van der Waals surface area contributed by atoms with Gasteiger partial charge in [-0.15, -0.1) is 0 Å². The number of rotatable bonds is 7. The van der Waals surface area contributed by atoms with Crippen LogP contribution in [0.25, 0.3) is 0 Å². The predicted octanol–water partition coefficient (Wildman–Crippen LogP) is 4.98. The molecule has 4 heteroatoms. The first-order valence-electron chi connectivity index (χ1n) is 12.9. The maximum absolute atomic E-state index is 5.64. The summed E-state index contributed by atoms with van der Waals surface area (Å²) in [7, 11) is 0. The number of hydrogen-bond donors (Lipinski definition) is 0. The molecule has 4 aliphatic carbocycles. The molecule has 2 heterocycles. The molecule has 0 N–H and O–H groups in total. The van der Waals surface area contributed by atoms with Gasteiger partial charge >= 0.3 is 0 Å². The monoisotopic (exact) mass is 421 g/mol. The van der Waals surface area contributed by atoms with E-state index in [1.54, 1.807) is 19.3 Å². The van der Waals surface area contributed by atoms with E-state index in [4.69, 9.17) is 9.73 Å². The zero-order chi connectivity index (χ0) is 21.0. The van der Waals surface area contributed by atoms with E-state index in [0.717, 1.165) is 49.6 Å². The first-order valence-corrected chi connectivity index (χ1v) is 12.9. The van der Waals surface area contributed by atoms with Crippen LogP contribution in [0, 0.1) is 23.2 Å². The van der Waals surface area contributed by atoms with Crippen molar-refractivity contribution in [1.82, 2.24) is 9.80 Å². The Hall–Kier alpha value is -1.71. The van der Waals surface area contributed by atoms with Crippen LogP contribution in [-0.2, 0) is 6.42 Å². The van der Waals surface area contributed by atoms with Gasteiger partial charge in [-0.1, -0.05) is 12.1 Å². The Labute approximate surface area is 188 Å². The molecular weight excluding hydrogens is 382 g/mol. The fourth-order valence-electron chi connectivity index (χ4n) is 8.18. The van der Waals surface area contributed by atoms with Crippen molar-refractivity contribution in [2.24, 2.45) is 28.2 Å². The third-order valence-corrected chi connectivity index (χ3v) is 9.14. The molecule has 0 aromatic heterocycles. The Morgan fingerprint density at radius 1 is 1.03 bits per heavy atom. The van der Waals surface area contributed by atoms with E-state index in [0.29, 0.717) is 17.5 Å². The molecule has 2 aliphatic heterocycles. The molecule has 6 aliphatic rings. The van der Waals surface area contributed by atoms with E-state index in [1.165, 1.54) is 43.8 Å². The SMILES string of the molecule is CCOc1ccc(C[C@@H]2CN3C(=NC[C@@H]3C)N2CCC23CC4CC(CC(C4)C2)C3)cc1. The normalized spacial score (nSPS) is 38.0. The Kier molecular flexibility index (Phi) is 4.96. The smallest absolute Gasteiger partial charge is 0.197 e. The van der Waals surface area contributed by atoms with Crippen LogP contribution in [0.4, 0.5) is 0 Å². The first-order chi connectivity index (χ1) is 15.1. The van der Waals surface area contributed by atoms with Crippen LogP contribution < -0.4 is 4.74 Å². The van der Waals surface area contributed by atoms with Crippen molar-refractivity contribution in [3.05, 3.63) is 29.8 Å². The lowest BCUT2D eigenvalue weighted by atomic mass is 9.49. The Balaban J connectivity index is 1.17. The molecule has 168 valence electrons. The van der Waals surface area contributed by atoms with E-state index < -0.39 is 0 Å². The highest BCUT2D eigenvalue weighted by atomic mass is 16.5. The fraction of sp³-hybridized carbons (Fsp3) is 0.741. The summed E-state index contributed by atoms with van der Waals surface area (Å²) in [6, 6.07) is 9.90. The summed E-state index contributed by atoms with van der Waals surface area (Å²) < 4.78 is 5.64. The van der Waals surface area contributed by atoms with Crippen LogP contribution in [0.15, 0.2) is 29.3 Å². The highest BCUT2D eigenvalue weighted by molar-refractivity contribution is 5.84. The van der Waals surface area contributed by atoms with E-state index in [9.17, 15) is 0 Å². The van der Waals surface area contributed by atoms with E-state index in [2.05, 4.69) is 41.0 Å². The number of nitrogens with zero attached hydrogens (tertiary/aromatic N) is 3. The van der Waals surface area contributed by atoms with Crippen molar-refractivity contribution >= 4 is 5.96 Å². The highest BCUT2D eigenvalue weighted by Crippen LogP contribution is 2.61. The quantitative estimate of drug-likeness (QED) is 0.622. The van der Waals surface area contributed by atoms with Gasteiger partial charge in [0.05, 0.1) is 19.2 Å². The molecule has 4 bridgehead atoms. The van der Waals surface area contributed by atoms with Crippen LogP contribution in [0.2, 0.25) is 0 Å². The van der Waals surface area contributed by atoms with E-state index in [-0.39, 0.29) is 0 Å². The van der Waals surface area contributed by atoms with Crippen molar-refractivity contribution in [2.45, 2.75) is 77.3 Å². The number of hydrogen-bond acceptors (Lipinski definition) is 4. The molecule has 0 radical (unpaired) electrons. The molecular formula is C27H39N3O. The summed E-state index contributed by atoms with van der Waals surface area (Å²) in [4.78, 5) is 10.3. The van der Waals surface area contributed by atoms with Crippen molar-refractivity contribution < 1.29 is 4.74 Å². The molecule has 1 aromatic rings. The van der Waals surface area contributed by atoms with E-state index >= 15 is 0 Å². The molecule has 0 unspecified atom stereocenters. The maximum atomic E-state index is 5.64. The molecule has 0 amide bonds. The second-order valence-corrected chi connectivity index (χ2v) is 11.4. The van der Waals surface area contributed by atoms with Crippen LogP contribution in [-0.4, -0.2) is 54.1 Å². The summed E-state index contributed by atoms with van der Waals surface area (Å²) in [6.45, 7) is 8.42. The minimum Gasteiger partial charge on any atom is -0.494 e. The lowest BCUT2D eigenvalue weighted by Gasteiger charge is -2.57. The largest absolute Gasteiger partial charge is 0.494 e. The summed E-state index contributed by atoms with van der Waals surface area (Å²) in [5.74, 6) is 5.42. The number of fused-ring (bicyclic) bond motifs is 1. The van der Waals surface area contributed by atoms with Gasteiger partial charge in [-0.2, -0.15) is 0 Å². The van der Waals surface area contributed by atoms with Gasteiger partial charge < -0.3 is 14.5 Å². The van der Waals surface area contributed by atoms with Crippen molar-refractivity contribution in [2.75, 3.05) is 26.2 Å². The Morgan fingerprint density at radius 3 is 2.35 bits per heavy atom. The second-order valence-electron chi connectivity index (χ2n) is 11.4. The molecule has 5 fully saturated rings. The third-order valence-electron chi connectivity index (χ3n) is 9.14. The van der Waals surface area contributed by atoms with Crippen molar-refractivity contribution in [3.63, 3.8) is 0 Å². The van der Waals surface area contributed by atoms with Crippen molar-refractivity contribution in [3.8, 4) is 5.75 Å². The second kappa shape index (κ2) is 7.71. The molecule has 4 saturated carbocycles. The molecule has 7 rings (SSSR count). The molecule has 0 spiro atoms. The molecule has 4 nitrogen and oxygen atoms in total. The average molecular weight is 422 g/mol. The predicted molar refractivity (Wildman–Crippen MR) is 126 cm³/mol. The highest BCUT2D eigenvalue weighted by Gasteiger charge is 2.51. The Morgan fingerprint density at radius 2 is 1.71 bits per heavy atom. The summed E-state index contributed by atoms with van der Waals surface area (Å²) >= 11 is 0. The van der Waals surface area contributed by atoms with Gasteiger partial charge in [0.2, 0.25) is 0 Å². The summed E-state index contributed by atoms with van der Waals surface area (Å²) in [5.41, 5.74) is 2.07. The van der Waals surface area contributed by atoms with Gasteiger partial charge in [0.1, 0.15) is 5.75 Å². The zero-order valence-corrected chi connectivity index (χ0v) is 19.4. The van der Waals surface area contributed by atoms with Gasteiger partial charge in [0, 0.05) is 19.1 Å². The lowest BCUT2D eigenvalue weighted by Crippen LogP contribution is -2.48. The van der Waals surface area contributed by atoms with Crippen LogP contribution in [0.3, 0.4) is 0 Å². The molecule has 1 saturated heterocycles. The third kappa shape index (κ3) is 3.64.